The molecule has 3 aromatic rings. The van der Waals surface area contributed by atoms with Crippen molar-refractivity contribution >= 4 is 11.4 Å². The van der Waals surface area contributed by atoms with E-state index in [2.05, 4.69) is 10.3 Å². The zero-order valence-electron chi connectivity index (χ0n) is 16.0. The van der Waals surface area contributed by atoms with Crippen LogP contribution in [0.15, 0.2) is 35.4 Å². The second kappa shape index (κ2) is 7.40. The Morgan fingerprint density at radius 3 is 2.52 bits per heavy atom. The van der Waals surface area contributed by atoms with E-state index in [1.54, 1.807) is 6.07 Å². The molecule has 0 fully saturated rings. The van der Waals surface area contributed by atoms with Gasteiger partial charge >= 0.3 is 6.18 Å². The van der Waals surface area contributed by atoms with E-state index in [-0.39, 0.29) is 0 Å². The number of aromatic amines is 1. The average molecular weight is 407 g/mol. The topological polar surface area (TPSA) is 86.6 Å². The normalized spacial score (nSPS) is 12.9. The maximum atomic E-state index is 13.7. The fourth-order valence-corrected chi connectivity index (χ4v) is 3.07. The highest BCUT2D eigenvalue weighted by atomic mass is 19.4. The molecule has 154 valence electrons. The third-order valence-electron chi connectivity index (χ3n) is 4.76. The minimum Gasteiger partial charge on any atom is -0.394 e. The minimum atomic E-state index is -4.92. The average Bonchev–Trinajstić information content (AvgIpc) is 3.04. The maximum Gasteiger partial charge on any atom is 0.419 e. The number of benzene rings is 1. The number of nitrogens with one attached hydrogen (secondary N) is 2. The Hall–Kier alpha value is -3.07. The van der Waals surface area contributed by atoms with Gasteiger partial charge in [-0.3, -0.25) is 9.59 Å². The largest absolute Gasteiger partial charge is 0.419 e. The molecular weight excluding hydrogens is 387 g/mol. The molecule has 0 aliphatic rings. The lowest BCUT2D eigenvalue weighted by atomic mass is 10.0. The number of aromatic nitrogens is 2. The van der Waals surface area contributed by atoms with Gasteiger partial charge in [0, 0.05) is 18.4 Å². The first kappa shape index (κ1) is 20.7. The van der Waals surface area contributed by atoms with Crippen LogP contribution in [0.5, 0.6) is 0 Å². The zero-order valence-corrected chi connectivity index (χ0v) is 16.0. The molecule has 1 atom stereocenters. The van der Waals surface area contributed by atoms with Crippen LogP contribution in [0.3, 0.4) is 0 Å². The van der Waals surface area contributed by atoms with Gasteiger partial charge in [-0.15, -0.1) is 0 Å². The number of H-pyrrole nitrogens is 1. The molecule has 6 nitrogen and oxygen atoms in total. The van der Waals surface area contributed by atoms with Crippen LogP contribution in [0.2, 0.25) is 0 Å². The summed E-state index contributed by atoms with van der Waals surface area (Å²) in [5.41, 5.74) is -0.651. The van der Waals surface area contributed by atoms with Crippen molar-refractivity contribution in [1.82, 2.24) is 14.7 Å². The summed E-state index contributed by atoms with van der Waals surface area (Å²) in [6.07, 6.45) is -2.58. The zero-order chi connectivity index (χ0) is 21.5. The molecule has 9 heteroatoms. The van der Waals surface area contributed by atoms with Crippen LogP contribution in [0.1, 0.15) is 34.0 Å². The third kappa shape index (κ3) is 3.91. The minimum absolute atomic E-state index is 0.324. The van der Waals surface area contributed by atoms with Gasteiger partial charge in [0.25, 0.3) is 11.5 Å². The summed E-state index contributed by atoms with van der Waals surface area (Å²) >= 11 is 0. The summed E-state index contributed by atoms with van der Waals surface area (Å²) in [5.74, 6) is -1.02. The van der Waals surface area contributed by atoms with Crippen LogP contribution in [-0.4, -0.2) is 33.0 Å². The predicted octanol–water partition coefficient (Wildman–Crippen LogP) is 3.04. The molecule has 3 rings (SSSR count). The summed E-state index contributed by atoms with van der Waals surface area (Å²) in [6.45, 7) is 4.83. The van der Waals surface area contributed by atoms with E-state index in [4.69, 9.17) is 5.11 Å². The quantitative estimate of drug-likeness (QED) is 0.621. The van der Waals surface area contributed by atoms with E-state index in [0.717, 1.165) is 21.7 Å². The number of aryl methyl sites for hydroxylation is 2. The number of alkyl halides is 3. The van der Waals surface area contributed by atoms with Gasteiger partial charge in [0.2, 0.25) is 0 Å². The van der Waals surface area contributed by atoms with Crippen molar-refractivity contribution < 1.29 is 23.1 Å². The number of rotatable bonds is 4. The van der Waals surface area contributed by atoms with Gasteiger partial charge in [-0.1, -0.05) is 12.1 Å². The summed E-state index contributed by atoms with van der Waals surface area (Å²) in [5, 5.41) is 11.3. The second-order valence-corrected chi connectivity index (χ2v) is 7.02. The van der Waals surface area contributed by atoms with Crippen LogP contribution in [0.4, 0.5) is 13.2 Å². The molecule has 0 aliphatic heterocycles. The number of aliphatic hydroxyl groups is 1. The summed E-state index contributed by atoms with van der Waals surface area (Å²) in [6, 6.07) is 4.68. The second-order valence-electron chi connectivity index (χ2n) is 7.02. The lowest BCUT2D eigenvalue weighted by Gasteiger charge is -2.12. The first-order valence-electron chi connectivity index (χ1n) is 8.87. The maximum absolute atomic E-state index is 13.7. The lowest BCUT2D eigenvalue weighted by Crippen LogP contribution is -2.35. The van der Waals surface area contributed by atoms with E-state index in [1.165, 1.54) is 13.1 Å². The van der Waals surface area contributed by atoms with Gasteiger partial charge in [0.15, 0.2) is 0 Å². The molecule has 29 heavy (non-hydrogen) atoms. The van der Waals surface area contributed by atoms with Gasteiger partial charge in [-0.05, 0) is 43.5 Å². The van der Waals surface area contributed by atoms with Crippen molar-refractivity contribution in [1.29, 1.82) is 0 Å². The summed E-state index contributed by atoms with van der Waals surface area (Å²) in [4.78, 5) is 27.4. The Morgan fingerprint density at radius 2 is 1.93 bits per heavy atom. The number of hydrogen-bond donors (Lipinski definition) is 3. The Morgan fingerprint density at radius 1 is 1.24 bits per heavy atom. The predicted molar refractivity (Wildman–Crippen MR) is 102 cm³/mol. The number of nitrogens with zero attached hydrogens (tertiary/aromatic N) is 1. The molecule has 0 saturated heterocycles. The number of hydrogen-bond acceptors (Lipinski definition) is 3. The van der Waals surface area contributed by atoms with Crippen molar-refractivity contribution in [2.45, 2.75) is 33.0 Å². The Labute approximate surface area is 164 Å². The van der Waals surface area contributed by atoms with Crippen molar-refractivity contribution in [2.75, 3.05) is 6.61 Å². The summed E-state index contributed by atoms with van der Waals surface area (Å²) < 4.78 is 42.1. The Kier molecular flexibility index (Phi) is 5.27. The van der Waals surface area contributed by atoms with Crippen LogP contribution >= 0.6 is 0 Å². The first-order chi connectivity index (χ1) is 13.5. The van der Waals surface area contributed by atoms with Gasteiger partial charge in [-0.2, -0.15) is 13.2 Å². The van der Waals surface area contributed by atoms with E-state index in [0.29, 0.717) is 11.3 Å². The Balaban J connectivity index is 2.23. The van der Waals surface area contributed by atoms with E-state index in [9.17, 15) is 22.8 Å². The fraction of sp³-hybridized carbons (Fsp3) is 0.300. The molecule has 0 bridgehead atoms. The van der Waals surface area contributed by atoms with Crippen molar-refractivity contribution in [3.63, 3.8) is 0 Å². The number of carbonyl (C=O) groups excluding carboxylic acids is 1. The molecule has 0 aliphatic carbocycles. The van der Waals surface area contributed by atoms with E-state index in [1.807, 2.05) is 26.0 Å². The van der Waals surface area contributed by atoms with Gasteiger partial charge in [0.1, 0.15) is 5.52 Å². The Bertz CT molecular complexity index is 1150. The van der Waals surface area contributed by atoms with Crippen molar-refractivity contribution in [2.24, 2.45) is 0 Å². The smallest absolute Gasteiger partial charge is 0.394 e. The monoisotopic (exact) mass is 407 g/mol. The molecule has 2 aromatic heterocycles. The molecule has 0 unspecified atom stereocenters. The lowest BCUT2D eigenvalue weighted by molar-refractivity contribution is -0.136. The molecule has 0 radical (unpaired) electrons. The molecule has 0 spiro atoms. The summed E-state index contributed by atoms with van der Waals surface area (Å²) in [7, 11) is 0. The van der Waals surface area contributed by atoms with Crippen molar-refractivity contribution in [3.05, 3.63) is 63.2 Å². The van der Waals surface area contributed by atoms with Crippen LogP contribution < -0.4 is 10.9 Å². The third-order valence-corrected chi connectivity index (χ3v) is 4.76. The highest BCUT2D eigenvalue weighted by Gasteiger charge is 2.40. The number of halogens is 3. The van der Waals surface area contributed by atoms with Crippen LogP contribution in [0, 0.1) is 13.8 Å². The fourth-order valence-electron chi connectivity index (χ4n) is 3.07. The van der Waals surface area contributed by atoms with Gasteiger partial charge in [0.05, 0.1) is 23.4 Å². The van der Waals surface area contributed by atoms with Crippen LogP contribution in [-0.2, 0) is 6.18 Å². The SMILES string of the molecule is Cc1ccc(-c2cn3cc(C(=O)N[C@H](C)CO)c(C(F)(F)F)c3c(=O)[nH]2)cc1C. The van der Waals surface area contributed by atoms with Crippen molar-refractivity contribution in [3.8, 4) is 11.3 Å². The van der Waals surface area contributed by atoms with E-state index < -0.39 is 46.9 Å². The highest BCUT2D eigenvalue weighted by molar-refractivity contribution is 5.98. The van der Waals surface area contributed by atoms with Gasteiger partial charge in [-0.25, -0.2) is 0 Å². The van der Waals surface area contributed by atoms with E-state index >= 15 is 0 Å². The number of fused-ring (bicyclic) bond motifs is 1. The number of carbonyl (C=O) groups is 1. The van der Waals surface area contributed by atoms with Crippen LogP contribution in [0.25, 0.3) is 16.8 Å². The molecule has 1 amide bonds. The first-order valence-corrected chi connectivity index (χ1v) is 8.87. The molecule has 0 saturated carbocycles. The molecular formula is C20H20F3N3O3. The molecule has 1 aromatic carbocycles. The molecule has 2 heterocycles. The number of amides is 1. The highest BCUT2D eigenvalue weighted by Crippen LogP contribution is 2.35. The molecule has 3 N–H and O–H groups in total. The number of aliphatic hydroxyl groups excluding tert-OH is 1. The standard InChI is InChI=1S/C20H20F3N3O3/c1-10-4-5-13(6-11(10)2)15-8-26-7-14(18(28)24-12(3)9-27)16(20(21,22)23)17(26)19(29)25-15/h4-8,12,27H,9H2,1-3H3,(H,24,28)(H,25,29)/t12-/m1/s1. The van der Waals surface area contributed by atoms with Gasteiger partial charge < -0.3 is 19.8 Å².